The average molecular weight is 478 g/mol. The van der Waals surface area contributed by atoms with Crippen molar-refractivity contribution in [2.45, 2.75) is 44.6 Å². The summed E-state index contributed by atoms with van der Waals surface area (Å²) in [6.45, 7) is 2.76. The van der Waals surface area contributed by atoms with Crippen LogP contribution in [0.25, 0.3) is 11.3 Å². The van der Waals surface area contributed by atoms with Crippen LogP contribution in [0.4, 0.5) is 14.5 Å². The highest BCUT2D eigenvalue weighted by Gasteiger charge is 2.28. The maximum Gasteiger partial charge on any atom is 0.272 e. The van der Waals surface area contributed by atoms with Gasteiger partial charge in [0.25, 0.3) is 12.3 Å². The number of benzene rings is 2. The minimum Gasteiger partial charge on any atom is -0.487 e. The van der Waals surface area contributed by atoms with Crippen LogP contribution in [0.5, 0.6) is 5.75 Å². The molecule has 0 radical (unpaired) electrons. The maximum atomic E-state index is 13.3. The monoisotopic (exact) mass is 478 g/mol. The molecule has 9 heteroatoms. The smallest absolute Gasteiger partial charge is 0.272 e. The number of carbonyl (C=O) groups excluding carboxylic acids is 1. The third-order valence-electron chi connectivity index (χ3n) is 5.75. The molecule has 0 saturated heterocycles. The number of para-hydroxylation sites is 1. The van der Waals surface area contributed by atoms with E-state index >= 15 is 0 Å². The van der Waals surface area contributed by atoms with E-state index in [0.29, 0.717) is 5.69 Å². The topological polar surface area (TPSA) is 97.0 Å². The Morgan fingerprint density at radius 1 is 1.23 bits per heavy atom. The number of aromatic nitrogens is 2. The number of amides is 1. The summed E-state index contributed by atoms with van der Waals surface area (Å²) >= 11 is 0. The van der Waals surface area contributed by atoms with Crippen LogP contribution in [0.1, 0.15) is 48.7 Å². The molecule has 7 nitrogen and oxygen atoms in total. The van der Waals surface area contributed by atoms with Gasteiger partial charge >= 0.3 is 0 Å². The van der Waals surface area contributed by atoms with Gasteiger partial charge in [-0.2, -0.15) is 10.4 Å². The Morgan fingerprint density at radius 2 is 1.91 bits per heavy atom. The van der Waals surface area contributed by atoms with Crippen LogP contribution in [-0.2, 0) is 5.41 Å². The number of anilines is 1. The van der Waals surface area contributed by atoms with Gasteiger partial charge in [0.1, 0.15) is 23.6 Å². The third kappa shape index (κ3) is 5.38. The molecule has 1 fully saturated rings. The highest BCUT2D eigenvalue weighted by Crippen LogP contribution is 2.35. The van der Waals surface area contributed by atoms with Crippen molar-refractivity contribution in [3.05, 3.63) is 76.1 Å². The Hall–Kier alpha value is -4.06. The van der Waals surface area contributed by atoms with Gasteiger partial charge in [-0.15, -0.1) is 0 Å². The number of halogens is 2. The summed E-state index contributed by atoms with van der Waals surface area (Å²) < 4.78 is 32.2. The Kier molecular flexibility index (Phi) is 6.65. The molecule has 0 unspecified atom stereocenters. The number of carbonyl (C=O) groups is 1. The van der Waals surface area contributed by atoms with E-state index in [1.54, 1.807) is 61.0 Å². The first-order chi connectivity index (χ1) is 16.7. The Morgan fingerprint density at radius 3 is 2.54 bits per heavy atom. The van der Waals surface area contributed by atoms with Crippen molar-refractivity contribution in [1.82, 2.24) is 9.78 Å². The highest BCUT2D eigenvalue weighted by atomic mass is 19.3. The van der Waals surface area contributed by atoms with Crippen molar-refractivity contribution in [3.63, 3.8) is 0 Å². The Balaban J connectivity index is 1.69. The van der Waals surface area contributed by atoms with E-state index in [9.17, 15) is 23.6 Å². The van der Waals surface area contributed by atoms with Crippen LogP contribution in [0.3, 0.4) is 0 Å². The molecule has 180 valence electrons. The van der Waals surface area contributed by atoms with Gasteiger partial charge in [-0.05, 0) is 56.5 Å². The second-order valence-electron chi connectivity index (χ2n) is 8.90. The lowest BCUT2D eigenvalue weighted by Gasteiger charge is -2.16. The fourth-order valence-corrected chi connectivity index (χ4v) is 3.55. The summed E-state index contributed by atoms with van der Waals surface area (Å²) in [5.74, 6) is -0.528. The summed E-state index contributed by atoms with van der Waals surface area (Å²) in [5, 5.41) is 16.4. The predicted octanol–water partition coefficient (Wildman–Crippen LogP) is 4.94. The quantitative estimate of drug-likeness (QED) is 0.495. The third-order valence-corrected chi connectivity index (χ3v) is 5.75. The molecule has 0 atom stereocenters. The van der Waals surface area contributed by atoms with Gasteiger partial charge in [-0.1, -0.05) is 24.3 Å². The fraction of sp³-hybridized carbons (Fsp3) is 0.308. The molecule has 1 aromatic heterocycles. The van der Waals surface area contributed by atoms with E-state index in [1.165, 1.54) is 12.3 Å². The van der Waals surface area contributed by atoms with E-state index < -0.39 is 29.8 Å². The van der Waals surface area contributed by atoms with E-state index in [0.717, 1.165) is 18.4 Å². The molecule has 0 bridgehead atoms. The summed E-state index contributed by atoms with van der Waals surface area (Å²) in [4.78, 5) is 26.5. The number of alkyl halides is 2. The molecular weight excluding hydrogens is 454 g/mol. The van der Waals surface area contributed by atoms with Crippen molar-refractivity contribution >= 4 is 11.6 Å². The van der Waals surface area contributed by atoms with E-state index in [4.69, 9.17) is 4.74 Å². The van der Waals surface area contributed by atoms with Crippen molar-refractivity contribution < 1.29 is 18.3 Å². The van der Waals surface area contributed by atoms with Gasteiger partial charge in [-0.25, -0.2) is 8.78 Å². The molecule has 35 heavy (non-hydrogen) atoms. The Labute approximate surface area is 201 Å². The first kappa shape index (κ1) is 24.1. The molecule has 2 aromatic carbocycles. The van der Waals surface area contributed by atoms with Crippen LogP contribution in [0, 0.1) is 11.3 Å². The van der Waals surface area contributed by atoms with Gasteiger partial charge in [0.2, 0.25) is 5.43 Å². The van der Waals surface area contributed by atoms with Crippen LogP contribution in [0.15, 0.2) is 59.5 Å². The molecule has 3 aromatic rings. The number of ether oxygens (including phenoxy) is 1. The maximum absolute atomic E-state index is 13.3. The molecule has 4 rings (SSSR count). The minimum absolute atomic E-state index is 0.0412. The number of nitrogens with zero attached hydrogens (tertiary/aromatic N) is 3. The van der Waals surface area contributed by atoms with Gasteiger partial charge < -0.3 is 10.1 Å². The Bertz CT molecular complexity index is 1340. The standard InChI is InChI=1S/C26H24F2N4O3/c1-26(2,15-29)16-7-9-17(10-8-16)30-25(34)20-13-32(18-11-12-18)31-23(24(20)33)19-5-3-4-6-21(19)35-14-22(27)28/h3-10,13,18,22H,11-12,14H2,1-2H3,(H,30,34). The van der Waals surface area contributed by atoms with E-state index in [1.807, 2.05) is 0 Å². The largest absolute Gasteiger partial charge is 0.487 e. The molecule has 1 heterocycles. The summed E-state index contributed by atoms with van der Waals surface area (Å²) in [5.41, 5.74) is 0.0254. The minimum atomic E-state index is -2.68. The molecule has 0 spiro atoms. The number of nitrogens with one attached hydrogen (secondary N) is 1. The first-order valence-corrected chi connectivity index (χ1v) is 11.2. The SMILES string of the molecule is CC(C)(C#N)c1ccc(NC(=O)c2cn(C3CC3)nc(-c3ccccc3OCC(F)F)c2=O)cc1. The molecule has 1 aliphatic carbocycles. The number of nitriles is 1. The summed E-state index contributed by atoms with van der Waals surface area (Å²) in [6.07, 6.45) is 0.460. The van der Waals surface area contributed by atoms with Gasteiger partial charge in [0, 0.05) is 17.4 Å². The van der Waals surface area contributed by atoms with E-state index in [2.05, 4.69) is 16.5 Å². The zero-order chi connectivity index (χ0) is 25.2. The lowest BCUT2D eigenvalue weighted by Crippen LogP contribution is -2.26. The lowest BCUT2D eigenvalue weighted by atomic mass is 9.86. The normalized spacial score (nSPS) is 13.4. The first-order valence-electron chi connectivity index (χ1n) is 11.2. The van der Waals surface area contributed by atoms with Crippen LogP contribution < -0.4 is 15.5 Å². The van der Waals surface area contributed by atoms with Gasteiger partial charge in [-0.3, -0.25) is 14.3 Å². The van der Waals surface area contributed by atoms with Crippen molar-refractivity contribution in [1.29, 1.82) is 5.26 Å². The van der Waals surface area contributed by atoms with Crippen LogP contribution in [0.2, 0.25) is 0 Å². The van der Waals surface area contributed by atoms with Crippen LogP contribution >= 0.6 is 0 Å². The van der Waals surface area contributed by atoms with Gasteiger partial charge in [0.05, 0.1) is 17.5 Å². The fourth-order valence-electron chi connectivity index (χ4n) is 3.55. The lowest BCUT2D eigenvalue weighted by molar-refractivity contribution is 0.0821. The second-order valence-corrected chi connectivity index (χ2v) is 8.90. The van der Waals surface area contributed by atoms with Crippen molar-refractivity contribution in [3.8, 4) is 23.1 Å². The molecule has 0 aliphatic heterocycles. The molecule has 1 N–H and O–H groups in total. The number of hydrogen-bond donors (Lipinski definition) is 1. The molecule has 1 saturated carbocycles. The van der Waals surface area contributed by atoms with Crippen molar-refractivity contribution in [2.75, 3.05) is 11.9 Å². The van der Waals surface area contributed by atoms with E-state index in [-0.39, 0.29) is 28.6 Å². The van der Waals surface area contributed by atoms with Crippen molar-refractivity contribution in [2.24, 2.45) is 0 Å². The van der Waals surface area contributed by atoms with Gasteiger partial charge in [0.15, 0.2) is 0 Å². The zero-order valence-corrected chi connectivity index (χ0v) is 19.3. The zero-order valence-electron chi connectivity index (χ0n) is 19.3. The average Bonchev–Trinajstić information content (AvgIpc) is 3.69. The number of rotatable bonds is 8. The molecule has 1 aliphatic rings. The summed E-state index contributed by atoms with van der Waals surface area (Å²) in [7, 11) is 0. The summed E-state index contributed by atoms with van der Waals surface area (Å²) in [6, 6.07) is 15.4. The highest BCUT2D eigenvalue weighted by molar-refractivity contribution is 6.04. The molecule has 1 amide bonds. The predicted molar refractivity (Wildman–Crippen MR) is 127 cm³/mol. The second kappa shape index (κ2) is 9.66. The van der Waals surface area contributed by atoms with Crippen LogP contribution in [-0.4, -0.2) is 28.7 Å². The molecular formula is C26H24F2N4O3. The number of hydrogen-bond acceptors (Lipinski definition) is 5.